The van der Waals surface area contributed by atoms with Crippen LogP contribution in [0.3, 0.4) is 0 Å². The van der Waals surface area contributed by atoms with E-state index in [1.165, 1.54) is 54.6 Å². The van der Waals surface area contributed by atoms with Crippen LogP contribution in [0.15, 0.2) is 146 Å². The van der Waals surface area contributed by atoms with E-state index in [0.29, 0.717) is 17.9 Å². The van der Waals surface area contributed by atoms with Gasteiger partial charge >= 0.3 is 6.18 Å². The zero-order valence-corrected chi connectivity index (χ0v) is 32.9. The second-order valence-electron chi connectivity index (χ2n) is 13.1. The Morgan fingerprint density at radius 1 is 0.468 bits per heavy atom. The van der Waals surface area contributed by atoms with Crippen molar-refractivity contribution in [1.82, 2.24) is 0 Å². The molecule has 0 saturated carbocycles. The minimum Gasteiger partial charge on any atom is -0.503 e. The van der Waals surface area contributed by atoms with Gasteiger partial charge < -0.3 is 36.0 Å². The Bertz CT molecular complexity index is 2560. The van der Waals surface area contributed by atoms with Crippen LogP contribution in [-0.2, 0) is 25.8 Å². The Labute approximate surface area is 355 Å². The van der Waals surface area contributed by atoms with Crippen molar-refractivity contribution < 1.29 is 55.2 Å². The molecule has 322 valence electrons. The van der Waals surface area contributed by atoms with Crippen LogP contribution in [0.5, 0.6) is 28.7 Å². The molecule has 62 heavy (non-hydrogen) atoms. The van der Waals surface area contributed by atoms with Crippen LogP contribution in [0, 0.1) is 29.1 Å². The van der Waals surface area contributed by atoms with Crippen LogP contribution in [0.4, 0.5) is 52.2 Å². The molecule has 0 heterocycles. The van der Waals surface area contributed by atoms with Gasteiger partial charge in [-0.3, -0.25) is 0 Å². The fraction of sp³-hybridized carbons (Fsp3) is 0.0870. The summed E-state index contributed by atoms with van der Waals surface area (Å²) < 4.78 is 109. The van der Waals surface area contributed by atoms with Crippen molar-refractivity contribution >= 4 is 28.7 Å². The third-order valence-corrected chi connectivity index (χ3v) is 9.01. The molecule has 16 heteroatoms. The highest BCUT2D eigenvalue weighted by Crippen LogP contribution is 2.32. The molecule has 7 aromatic carbocycles. The fourth-order valence-corrected chi connectivity index (χ4v) is 5.71. The van der Waals surface area contributed by atoms with E-state index in [-0.39, 0.29) is 40.7 Å². The first-order valence-electron chi connectivity index (χ1n) is 18.3. The number of halogens is 9. The van der Waals surface area contributed by atoms with Crippen molar-refractivity contribution in [2.24, 2.45) is 0 Å². The number of alkyl halides is 3. The first kappa shape index (κ1) is 45.9. The predicted molar refractivity (Wildman–Crippen MR) is 222 cm³/mol. The molecule has 0 saturated heterocycles. The minimum atomic E-state index is -4.41. The molecular weight excluding hydrogens is 846 g/mol. The van der Waals surface area contributed by atoms with Gasteiger partial charge in [0.05, 0.1) is 22.6 Å². The number of hydrogen-bond acceptors (Lipinski definition) is 7. The lowest BCUT2D eigenvalue weighted by atomic mass is 10.1. The molecule has 7 aromatic rings. The Balaban J connectivity index is 0.000000178. The first-order valence-corrected chi connectivity index (χ1v) is 18.7. The van der Waals surface area contributed by atoms with Crippen molar-refractivity contribution in [2.45, 2.75) is 25.8 Å². The number of phenolic OH excluding ortho intramolecular Hbond substituents is 3. The molecule has 0 aliphatic rings. The lowest BCUT2D eigenvalue weighted by molar-refractivity contribution is -0.137. The summed E-state index contributed by atoms with van der Waals surface area (Å²) in [6.45, 7) is 0.425. The van der Waals surface area contributed by atoms with Gasteiger partial charge in [0.25, 0.3) is 0 Å². The molecule has 6 N–H and O–H groups in total. The van der Waals surface area contributed by atoms with Crippen molar-refractivity contribution in [1.29, 1.82) is 0 Å². The van der Waals surface area contributed by atoms with Crippen LogP contribution >= 0.6 is 11.6 Å². The van der Waals surface area contributed by atoms with E-state index < -0.39 is 58.1 Å². The highest BCUT2D eigenvalue weighted by Gasteiger charge is 2.30. The fourth-order valence-electron chi connectivity index (χ4n) is 5.48. The van der Waals surface area contributed by atoms with Gasteiger partial charge in [-0.1, -0.05) is 72.3 Å². The molecule has 0 aliphatic heterocycles. The van der Waals surface area contributed by atoms with Crippen LogP contribution in [0.2, 0.25) is 5.02 Å². The van der Waals surface area contributed by atoms with Gasteiger partial charge in [-0.25, -0.2) is 17.6 Å². The zero-order chi connectivity index (χ0) is 44.8. The molecule has 0 fully saturated rings. The number of para-hydroxylation sites is 3. The largest absolute Gasteiger partial charge is 0.503 e. The molecule has 7 nitrogen and oxygen atoms in total. The van der Waals surface area contributed by atoms with E-state index in [2.05, 4.69) is 16.0 Å². The Hall–Kier alpha value is -7.13. The maximum Gasteiger partial charge on any atom is 0.416 e. The zero-order valence-electron chi connectivity index (χ0n) is 32.1. The molecule has 0 aromatic heterocycles. The molecule has 0 bridgehead atoms. The second kappa shape index (κ2) is 21.4. The van der Waals surface area contributed by atoms with E-state index in [0.717, 1.165) is 41.6 Å². The molecule has 0 spiro atoms. The molecule has 0 radical (unpaired) electrons. The van der Waals surface area contributed by atoms with Gasteiger partial charge in [-0.15, -0.1) is 0 Å². The Kier molecular flexibility index (Phi) is 15.9. The third-order valence-electron chi connectivity index (χ3n) is 8.66. The van der Waals surface area contributed by atoms with E-state index in [9.17, 15) is 50.4 Å². The topological polar surface area (TPSA) is 106 Å². The highest BCUT2D eigenvalue weighted by molar-refractivity contribution is 6.31. The van der Waals surface area contributed by atoms with Crippen molar-refractivity contribution in [3.05, 3.63) is 202 Å². The minimum absolute atomic E-state index is 0.0426. The number of benzene rings is 7. The number of aromatic hydroxyl groups is 3. The van der Waals surface area contributed by atoms with Gasteiger partial charge in [0.15, 0.2) is 34.7 Å². The van der Waals surface area contributed by atoms with E-state index >= 15 is 0 Å². The van der Waals surface area contributed by atoms with Gasteiger partial charge in [0.2, 0.25) is 5.82 Å². The van der Waals surface area contributed by atoms with Crippen LogP contribution in [-0.4, -0.2) is 15.3 Å². The van der Waals surface area contributed by atoms with E-state index in [1.54, 1.807) is 6.07 Å². The molecule has 0 aliphatic carbocycles. The lowest BCUT2D eigenvalue weighted by Crippen LogP contribution is -2.07. The van der Waals surface area contributed by atoms with Crippen LogP contribution < -0.4 is 20.7 Å². The van der Waals surface area contributed by atoms with Gasteiger partial charge in [-0.2, -0.15) is 17.6 Å². The number of anilines is 3. The van der Waals surface area contributed by atoms with Gasteiger partial charge in [0.1, 0.15) is 17.3 Å². The molecule has 7 rings (SSSR count). The third kappa shape index (κ3) is 12.9. The quantitative estimate of drug-likeness (QED) is 0.0568. The van der Waals surface area contributed by atoms with Gasteiger partial charge in [-0.05, 0) is 96.1 Å². The first-order chi connectivity index (χ1) is 29.6. The second-order valence-corrected chi connectivity index (χ2v) is 13.5. The maximum atomic E-state index is 13.5. The lowest BCUT2D eigenvalue weighted by Gasteiger charge is -2.11. The monoisotopic (exact) mass is 881 g/mol. The van der Waals surface area contributed by atoms with E-state index in [4.69, 9.17) is 16.3 Å². The summed E-state index contributed by atoms with van der Waals surface area (Å²) in [6.07, 6.45) is -4.41. The van der Waals surface area contributed by atoms with Crippen LogP contribution in [0.1, 0.15) is 22.3 Å². The summed E-state index contributed by atoms with van der Waals surface area (Å²) in [5.41, 5.74) is 1.21. The summed E-state index contributed by atoms with van der Waals surface area (Å²) in [7, 11) is 0. The summed E-state index contributed by atoms with van der Waals surface area (Å²) in [6, 6.07) is 36.1. The number of nitrogens with one attached hydrogen (secondary N) is 3. The smallest absolute Gasteiger partial charge is 0.416 e. The van der Waals surface area contributed by atoms with Crippen molar-refractivity contribution in [3.8, 4) is 28.7 Å². The molecule has 0 amide bonds. The normalized spacial score (nSPS) is 10.7. The van der Waals surface area contributed by atoms with Crippen molar-refractivity contribution in [2.75, 3.05) is 16.0 Å². The average molecular weight is 882 g/mol. The Morgan fingerprint density at radius 3 is 1.56 bits per heavy atom. The SMILES string of the molecule is Oc1c(F)cccc1NCc1c(F)cccc1Cl.Oc1c(F)cccc1NCc1cccc(C(F)(F)F)c1.Oc1c(NCc2cccc(Oc3ccccc3)c2)ccc(F)c1F. The number of rotatable bonds is 11. The summed E-state index contributed by atoms with van der Waals surface area (Å²) in [5, 5.41) is 37.1. The van der Waals surface area contributed by atoms with Crippen LogP contribution in [0.25, 0.3) is 0 Å². The Morgan fingerprint density at radius 2 is 0.968 bits per heavy atom. The standard InChI is InChI=1S/C19H15F2NO2.C14H11F4NO.C13H10ClF2NO/c20-16-9-10-17(19(23)18(16)21)22-12-13-5-4-8-15(11-13)24-14-6-2-1-3-7-14;15-11-5-2-6-12(13(11)20)19-8-9-3-1-4-10(7-9)14(16,17)18;14-9-3-1-4-10(15)8(9)7-17-12-6-2-5-11(16)13(12)18/h1-11,22-23H,12H2;1-7,19-20H,8H2;1-6,17-18H,7H2. The molecule has 0 unspecified atom stereocenters. The number of ether oxygens (including phenoxy) is 1. The summed E-state index contributed by atoms with van der Waals surface area (Å²) >= 11 is 5.85. The number of hydrogen-bond donors (Lipinski definition) is 6. The van der Waals surface area contributed by atoms with E-state index in [1.807, 2.05) is 54.6 Å². The maximum absolute atomic E-state index is 13.5. The summed E-state index contributed by atoms with van der Waals surface area (Å²) in [5.74, 6) is -4.73. The van der Waals surface area contributed by atoms with Crippen molar-refractivity contribution in [3.63, 3.8) is 0 Å². The predicted octanol–water partition coefficient (Wildman–Crippen LogP) is 13.2. The molecular formula is C46H36ClF8N3O4. The number of phenols is 3. The molecule has 0 atom stereocenters. The summed E-state index contributed by atoms with van der Waals surface area (Å²) in [4.78, 5) is 0. The average Bonchev–Trinajstić information content (AvgIpc) is 3.25. The van der Waals surface area contributed by atoms with Gasteiger partial charge in [0, 0.05) is 30.2 Å². The highest BCUT2D eigenvalue weighted by atomic mass is 35.5.